The fourth-order valence-corrected chi connectivity index (χ4v) is 3.78. The maximum absolute atomic E-state index is 13.2. The highest BCUT2D eigenvalue weighted by Gasteiger charge is 1.94. The third-order valence-electron chi connectivity index (χ3n) is 5.66. The van der Waals surface area contributed by atoms with Crippen LogP contribution in [0.2, 0.25) is 6.32 Å². The molecule has 0 atom stereocenters. The fourth-order valence-electron chi connectivity index (χ4n) is 3.78. The summed E-state index contributed by atoms with van der Waals surface area (Å²) in [5, 5.41) is 0. The van der Waals surface area contributed by atoms with Crippen molar-refractivity contribution in [3.63, 3.8) is 0 Å². The largest absolute Gasteiger partial charge is 0.296 e. The molecule has 0 aliphatic heterocycles. The van der Waals surface area contributed by atoms with Crippen LogP contribution in [-0.4, -0.2) is 7.28 Å². The van der Waals surface area contributed by atoms with E-state index in [1.807, 2.05) is 6.07 Å². The zero-order valence-corrected chi connectivity index (χ0v) is 18.2. The molecule has 0 aliphatic carbocycles. The molecule has 0 unspecified atom stereocenters. The second-order valence-corrected chi connectivity index (χ2v) is 8.30. The van der Waals surface area contributed by atoms with Gasteiger partial charge in [0.15, 0.2) is 0 Å². The zero-order chi connectivity index (χ0) is 19.6. The van der Waals surface area contributed by atoms with Crippen molar-refractivity contribution < 1.29 is 4.39 Å². The molecular weight excluding hydrogens is 330 g/mol. The summed E-state index contributed by atoms with van der Waals surface area (Å²) in [4.78, 5) is 0. The highest BCUT2D eigenvalue weighted by atomic mass is 19.1. The number of hydrogen-bond acceptors (Lipinski definition) is 0. The molecule has 0 aromatic heterocycles. The summed E-state index contributed by atoms with van der Waals surface area (Å²) >= 11 is 0. The number of aryl methyl sites for hydroxylation is 1. The smallest absolute Gasteiger partial charge is 0.119 e. The SMILES string of the molecule is CCCCCCCCCCCCCCCCCC[B-]c1cc(F)ccc1C. The van der Waals surface area contributed by atoms with E-state index in [1.54, 1.807) is 12.1 Å². The number of unbranched alkanes of at least 4 members (excludes halogenated alkanes) is 15. The van der Waals surface area contributed by atoms with E-state index in [9.17, 15) is 4.39 Å². The molecule has 0 spiro atoms. The van der Waals surface area contributed by atoms with Crippen molar-refractivity contribution in [3.8, 4) is 0 Å². The van der Waals surface area contributed by atoms with Crippen LogP contribution in [0.5, 0.6) is 0 Å². The van der Waals surface area contributed by atoms with Crippen molar-refractivity contribution in [2.45, 2.75) is 123 Å². The summed E-state index contributed by atoms with van der Waals surface area (Å²) < 4.78 is 13.2. The van der Waals surface area contributed by atoms with E-state index >= 15 is 0 Å². The quantitative estimate of drug-likeness (QED) is 0.180. The molecule has 0 saturated heterocycles. The molecule has 1 aromatic rings. The van der Waals surface area contributed by atoms with Crippen LogP contribution in [0.15, 0.2) is 18.2 Å². The van der Waals surface area contributed by atoms with Gasteiger partial charge in [-0.2, -0.15) is 0 Å². The first-order valence-corrected chi connectivity index (χ1v) is 11.8. The predicted molar refractivity (Wildman–Crippen MR) is 121 cm³/mol. The van der Waals surface area contributed by atoms with Crippen molar-refractivity contribution in [2.75, 3.05) is 0 Å². The minimum atomic E-state index is -0.126. The fraction of sp³-hybridized carbons (Fsp3) is 0.760. The maximum Gasteiger partial charge on any atom is 0.119 e. The maximum atomic E-state index is 13.2. The molecule has 2 heteroatoms. The molecule has 0 aliphatic rings. The molecule has 1 rings (SSSR count). The molecule has 0 bridgehead atoms. The van der Waals surface area contributed by atoms with E-state index in [2.05, 4.69) is 21.1 Å². The van der Waals surface area contributed by atoms with Gasteiger partial charge in [-0.3, -0.25) is 12.7 Å². The number of halogens is 1. The molecule has 1 aromatic carbocycles. The second kappa shape index (κ2) is 17.3. The van der Waals surface area contributed by atoms with Gasteiger partial charge in [0.1, 0.15) is 5.82 Å². The van der Waals surface area contributed by atoms with Gasteiger partial charge in [0.2, 0.25) is 0 Å². The van der Waals surface area contributed by atoms with Crippen LogP contribution < -0.4 is 5.46 Å². The Morgan fingerprint density at radius 3 is 1.59 bits per heavy atom. The van der Waals surface area contributed by atoms with Gasteiger partial charge in [-0.25, -0.2) is 10.7 Å². The van der Waals surface area contributed by atoms with E-state index in [4.69, 9.17) is 0 Å². The van der Waals surface area contributed by atoms with Crippen LogP contribution in [0.1, 0.15) is 115 Å². The zero-order valence-electron chi connectivity index (χ0n) is 18.2. The summed E-state index contributed by atoms with van der Waals surface area (Å²) in [6.45, 7) is 4.34. The van der Waals surface area contributed by atoms with Crippen LogP contribution in [0.3, 0.4) is 0 Å². The van der Waals surface area contributed by atoms with Gasteiger partial charge in [0.05, 0.1) is 0 Å². The lowest BCUT2D eigenvalue weighted by Gasteiger charge is -2.19. The van der Waals surface area contributed by atoms with Crippen LogP contribution >= 0.6 is 0 Å². The Labute approximate surface area is 170 Å². The van der Waals surface area contributed by atoms with Crippen molar-refractivity contribution in [3.05, 3.63) is 29.6 Å². The topological polar surface area (TPSA) is 0 Å². The van der Waals surface area contributed by atoms with Gasteiger partial charge >= 0.3 is 0 Å². The Bertz CT molecular complexity index is 458. The standard InChI is InChI=1S/C25H43BF/c1-3-4-5-6-7-8-9-10-11-12-13-14-15-16-17-18-21-26-25-22-24(27)20-19-23(25)2/h19-20,22H,3-18,21H2,1-2H3/q-1. The molecule has 154 valence electrons. The lowest BCUT2D eigenvalue weighted by atomic mass is 9.64. The van der Waals surface area contributed by atoms with Crippen LogP contribution in [0, 0.1) is 12.7 Å². The molecule has 2 radical (unpaired) electrons. The summed E-state index contributed by atoms with van der Waals surface area (Å²) in [5.74, 6) is -0.126. The minimum absolute atomic E-state index is 0.126. The van der Waals surface area contributed by atoms with E-state index in [1.165, 1.54) is 108 Å². The number of rotatable bonds is 18. The lowest BCUT2D eigenvalue weighted by molar-refractivity contribution is 0.531. The van der Waals surface area contributed by atoms with Gasteiger partial charge in [0.25, 0.3) is 0 Å². The highest BCUT2D eigenvalue weighted by Crippen LogP contribution is 2.14. The van der Waals surface area contributed by atoms with Gasteiger partial charge in [-0.05, 0) is 13.0 Å². The number of benzene rings is 1. The number of hydrogen-bond donors (Lipinski definition) is 0. The molecular formula is C25H43BF-. The van der Waals surface area contributed by atoms with Crippen molar-refractivity contribution in [2.24, 2.45) is 0 Å². The van der Waals surface area contributed by atoms with Crippen molar-refractivity contribution >= 4 is 12.7 Å². The monoisotopic (exact) mass is 373 g/mol. The Morgan fingerprint density at radius 1 is 0.667 bits per heavy atom. The summed E-state index contributed by atoms with van der Waals surface area (Å²) in [7, 11) is 2.20. The van der Waals surface area contributed by atoms with Gasteiger partial charge < -0.3 is 0 Å². The third-order valence-corrected chi connectivity index (χ3v) is 5.66. The Kier molecular flexibility index (Phi) is 15.6. The Balaban J connectivity index is 1.78. The van der Waals surface area contributed by atoms with Crippen LogP contribution in [0.4, 0.5) is 4.39 Å². The van der Waals surface area contributed by atoms with E-state index < -0.39 is 0 Å². The van der Waals surface area contributed by atoms with Gasteiger partial charge in [-0.1, -0.05) is 127 Å². The minimum Gasteiger partial charge on any atom is -0.296 e. The second-order valence-electron chi connectivity index (χ2n) is 8.30. The van der Waals surface area contributed by atoms with Gasteiger partial charge in [0, 0.05) is 0 Å². The normalized spacial score (nSPS) is 11.2. The van der Waals surface area contributed by atoms with Crippen LogP contribution in [0.25, 0.3) is 0 Å². The Hall–Kier alpha value is -0.785. The van der Waals surface area contributed by atoms with Crippen molar-refractivity contribution in [1.82, 2.24) is 0 Å². The summed E-state index contributed by atoms with van der Waals surface area (Å²) in [6, 6.07) is 5.07. The van der Waals surface area contributed by atoms with E-state index in [-0.39, 0.29) is 5.82 Å². The molecule has 0 amide bonds. The third kappa shape index (κ3) is 13.9. The molecule has 27 heavy (non-hydrogen) atoms. The molecule has 0 fully saturated rings. The molecule has 0 saturated carbocycles. The Morgan fingerprint density at radius 2 is 1.11 bits per heavy atom. The lowest BCUT2D eigenvalue weighted by Crippen LogP contribution is -2.17. The van der Waals surface area contributed by atoms with E-state index in [0.717, 1.165) is 11.8 Å². The van der Waals surface area contributed by atoms with Gasteiger partial charge in [-0.15, -0.1) is 0 Å². The molecule has 0 heterocycles. The molecule has 0 nitrogen and oxygen atoms in total. The first kappa shape index (κ1) is 24.3. The van der Waals surface area contributed by atoms with E-state index in [0.29, 0.717) is 0 Å². The summed E-state index contributed by atoms with van der Waals surface area (Å²) in [5.41, 5.74) is 2.24. The van der Waals surface area contributed by atoms with Crippen molar-refractivity contribution in [1.29, 1.82) is 0 Å². The summed E-state index contributed by atoms with van der Waals surface area (Å²) in [6.07, 6.45) is 23.5. The highest BCUT2D eigenvalue weighted by molar-refractivity contribution is 6.53. The van der Waals surface area contributed by atoms with Crippen LogP contribution in [-0.2, 0) is 0 Å². The molecule has 0 N–H and O–H groups in total. The first-order valence-electron chi connectivity index (χ1n) is 11.8. The first-order chi connectivity index (χ1) is 13.2. The predicted octanol–water partition coefficient (Wildman–Crippen LogP) is 8.14. The average molecular weight is 373 g/mol. The average Bonchev–Trinajstić information content (AvgIpc) is 2.67.